The lowest BCUT2D eigenvalue weighted by Gasteiger charge is -2.19. The summed E-state index contributed by atoms with van der Waals surface area (Å²) >= 11 is 0. The number of nitrogens with one attached hydrogen (secondary N) is 1. The Morgan fingerprint density at radius 3 is 2.79 bits per heavy atom. The van der Waals surface area contributed by atoms with E-state index in [-0.39, 0.29) is 12.0 Å². The number of rotatable bonds is 4. The zero-order valence-electron chi connectivity index (χ0n) is 8.49. The molecule has 0 bridgehead atoms. The number of hydrogen-bond acceptors (Lipinski definition) is 4. The molecule has 0 spiro atoms. The molecule has 1 heterocycles. The summed E-state index contributed by atoms with van der Waals surface area (Å²) < 4.78 is 10.0. The lowest BCUT2D eigenvalue weighted by atomic mass is 10.1. The van der Waals surface area contributed by atoms with Gasteiger partial charge in [0.15, 0.2) is 0 Å². The second-order valence-electron chi connectivity index (χ2n) is 4.07. The molecule has 2 fully saturated rings. The Morgan fingerprint density at radius 1 is 1.50 bits per heavy atom. The molecule has 80 valence electrons. The SMILES string of the molecule is COC(=O)C(NC1CCOC1)C1CC1. The van der Waals surface area contributed by atoms with E-state index in [1.807, 2.05) is 0 Å². The fourth-order valence-electron chi connectivity index (χ4n) is 1.87. The highest BCUT2D eigenvalue weighted by molar-refractivity contribution is 5.76. The molecule has 0 aromatic heterocycles. The largest absolute Gasteiger partial charge is 0.468 e. The molecule has 2 aliphatic rings. The minimum Gasteiger partial charge on any atom is -0.468 e. The molecule has 1 N–H and O–H groups in total. The zero-order chi connectivity index (χ0) is 9.97. The van der Waals surface area contributed by atoms with Gasteiger partial charge in [-0.25, -0.2) is 0 Å². The van der Waals surface area contributed by atoms with Crippen molar-refractivity contribution in [1.29, 1.82) is 0 Å². The van der Waals surface area contributed by atoms with Gasteiger partial charge in [-0.3, -0.25) is 10.1 Å². The van der Waals surface area contributed by atoms with Crippen LogP contribution in [0.15, 0.2) is 0 Å². The van der Waals surface area contributed by atoms with E-state index in [0.29, 0.717) is 12.0 Å². The molecular formula is C10H17NO3. The maximum absolute atomic E-state index is 11.5. The fraction of sp³-hybridized carbons (Fsp3) is 0.900. The smallest absolute Gasteiger partial charge is 0.323 e. The molecule has 1 saturated heterocycles. The van der Waals surface area contributed by atoms with Crippen LogP contribution in [-0.4, -0.2) is 38.4 Å². The summed E-state index contributed by atoms with van der Waals surface area (Å²) in [4.78, 5) is 11.5. The van der Waals surface area contributed by atoms with Gasteiger partial charge in [-0.15, -0.1) is 0 Å². The van der Waals surface area contributed by atoms with Crippen LogP contribution in [-0.2, 0) is 14.3 Å². The van der Waals surface area contributed by atoms with Crippen LogP contribution in [0.3, 0.4) is 0 Å². The minimum absolute atomic E-state index is 0.105. The highest BCUT2D eigenvalue weighted by atomic mass is 16.5. The Balaban J connectivity index is 1.86. The first-order valence-corrected chi connectivity index (χ1v) is 5.23. The summed E-state index contributed by atoms with van der Waals surface area (Å²) in [5.41, 5.74) is 0. The normalized spacial score (nSPS) is 28.8. The molecule has 14 heavy (non-hydrogen) atoms. The molecule has 1 aliphatic heterocycles. The molecule has 2 atom stereocenters. The van der Waals surface area contributed by atoms with Crippen LogP contribution in [0.1, 0.15) is 19.3 Å². The quantitative estimate of drug-likeness (QED) is 0.662. The Hall–Kier alpha value is -0.610. The summed E-state index contributed by atoms with van der Waals surface area (Å²) in [6.07, 6.45) is 3.28. The molecular weight excluding hydrogens is 182 g/mol. The molecule has 0 aromatic carbocycles. The van der Waals surface area contributed by atoms with Gasteiger partial charge in [-0.05, 0) is 25.2 Å². The molecule has 0 aromatic rings. The maximum Gasteiger partial charge on any atom is 0.323 e. The average Bonchev–Trinajstić information content (AvgIpc) is 2.92. The van der Waals surface area contributed by atoms with Crippen LogP contribution < -0.4 is 5.32 Å². The highest BCUT2D eigenvalue weighted by Crippen LogP contribution is 2.33. The molecule has 1 aliphatic carbocycles. The third-order valence-electron chi connectivity index (χ3n) is 2.89. The van der Waals surface area contributed by atoms with Gasteiger partial charge in [0.1, 0.15) is 6.04 Å². The van der Waals surface area contributed by atoms with Crippen molar-refractivity contribution in [1.82, 2.24) is 5.32 Å². The first-order valence-electron chi connectivity index (χ1n) is 5.23. The Bertz CT molecular complexity index is 209. The first-order chi connectivity index (χ1) is 6.81. The Morgan fingerprint density at radius 2 is 2.29 bits per heavy atom. The standard InChI is InChI=1S/C10H17NO3/c1-13-10(12)9(7-2-3-7)11-8-4-5-14-6-8/h7-9,11H,2-6H2,1H3. The van der Waals surface area contributed by atoms with Crippen molar-refractivity contribution >= 4 is 5.97 Å². The van der Waals surface area contributed by atoms with Gasteiger partial charge in [0.2, 0.25) is 0 Å². The van der Waals surface area contributed by atoms with Crippen molar-refractivity contribution in [2.24, 2.45) is 5.92 Å². The van der Waals surface area contributed by atoms with Gasteiger partial charge in [0.25, 0.3) is 0 Å². The first kappa shape index (κ1) is 9.93. The lowest BCUT2D eigenvalue weighted by molar-refractivity contribution is -0.144. The van der Waals surface area contributed by atoms with E-state index in [1.54, 1.807) is 0 Å². The van der Waals surface area contributed by atoms with E-state index in [2.05, 4.69) is 5.32 Å². The van der Waals surface area contributed by atoms with E-state index in [1.165, 1.54) is 7.11 Å². The van der Waals surface area contributed by atoms with E-state index in [0.717, 1.165) is 32.5 Å². The number of esters is 1. The third kappa shape index (κ3) is 2.25. The second-order valence-corrected chi connectivity index (χ2v) is 4.07. The second kappa shape index (κ2) is 4.28. The Labute approximate surface area is 84.0 Å². The Kier molecular flexibility index (Phi) is 3.03. The van der Waals surface area contributed by atoms with Gasteiger partial charge >= 0.3 is 5.97 Å². The minimum atomic E-state index is -0.126. The molecule has 0 radical (unpaired) electrons. The van der Waals surface area contributed by atoms with Gasteiger partial charge in [0, 0.05) is 12.6 Å². The monoisotopic (exact) mass is 199 g/mol. The fourth-order valence-corrected chi connectivity index (χ4v) is 1.87. The number of carbonyl (C=O) groups is 1. The van der Waals surface area contributed by atoms with Crippen molar-refractivity contribution in [2.45, 2.75) is 31.3 Å². The number of ether oxygens (including phenoxy) is 2. The van der Waals surface area contributed by atoms with Crippen LogP contribution in [0, 0.1) is 5.92 Å². The predicted octanol–water partition coefficient (Wildman–Crippen LogP) is 0.316. The lowest BCUT2D eigenvalue weighted by Crippen LogP contribution is -2.45. The molecule has 2 rings (SSSR count). The number of methoxy groups -OCH3 is 1. The van der Waals surface area contributed by atoms with Gasteiger partial charge in [0.05, 0.1) is 13.7 Å². The van der Waals surface area contributed by atoms with Gasteiger partial charge < -0.3 is 9.47 Å². The van der Waals surface area contributed by atoms with Crippen LogP contribution >= 0.6 is 0 Å². The molecule has 4 heteroatoms. The summed E-state index contributed by atoms with van der Waals surface area (Å²) in [5.74, 6) is 0.363. The summed E-state index contributed by atoms with van der Waals surface area (Å²) in [7, 11) is 1.45. The van der Waals surface area contributed by atoms with Crippen LogP contribution in [0.5, 0.6) is 0 Å². The van der Waals surface area contributed by atoms with E-state index in [4.69, 9.17) is 9.47 Å². The molecule has 4 nitrogen and oxygen atoms in total. The van der Waals surface area contributed by atoms with E-state index in [9.17, 15) is 4.79 Å². The summed E-state index contributed by atoms with van der Waals surface area (Å²) in [6.45, 7) is 1.52. The van der Waals surface area contributed by atoms with Crippen molar-refractivity contribution in [3.8, 4) is 0 Å². The van der Waals surface area contributed by atoms with Crippen molar-refractivity contribution in [2.75, 3.05) is 20.3 Å². The summed E-state index contributed by atoms with van der Waals surface area (Å²) in [6, 6.07) is 0.228. The molecule has 0 amide bonds. The topological polar surface area (TPSA) is 47.6 Å². The van der Waals surface area contributed by atoms with Gasteiger partial charge in [-0.2, -0.15) is 0 Å². The molecule has 2 unspecified atom stereocenters. The van der Waals surface area contributed by atoms with Gasteiger partial charge in [-0.1, -0.05) is 0 Å². The van der Waals surface area contributed by atoms with Crippen molar-refractivity contribution < 1.29 is 14.3 Å². The van der Waals surface area contributed by atoms with Crippen molar-refractivity contribution in [3.63, 3.8) is 0 Å². The predicted molar refractivity (Wildman–Crippen MR) is 50.9 cm³/mol. The van der Waals surface area contributed by atoms with Crippen LogP contribution in [0.25, 0.3) is 0 Å². The summed E-state index contributed by atoms with van der Waals surface area (Å²) in [5, 5.41) is 3.33. The zero-order valence-corrected chi connectivity index (χ0v) is 8.49. The average molecular weight is 199 g/mol. The van der Waals surface area contributed by atoms with Crippen LogP contribution in [0.2, 0.25) is 0 Å². The number of carbonyl (C=O) groups excluding carboxylic acids is 1. The van der Waals surface area contributed by atoms with Crippen molar-refractivity contribution in [3.05, 3.63) is 0 Å². The van der Waals surface area contributed by atoms with E-state index >= 15 is 0 Å². The maximum atomic E-state index is 11.5. The highest BCUT2D eigenvalue weighted by Gasteiger charge is 2.38. The van der Waals surface area contributed by atoms with E-state index < -0.39 is 0 Å². The number of hydrogen-bond donors (Lipinski definition) is 1. The van der Waals surface area contributed by atoms with Crippen LogP contribution in [0.4, 0.5) is 0 Å². The third-order valence-corrected chi connectivity index (χ3v) is 2.89. The molecule has 1 saturated carbocycles.